The first-order valence-corrected chi connectivity index (χ1v) is 8.75. The van der Waals surface area contributed by atoms with Crippen molar-refractivity contribution in [1.29, 1.82) is 0 Å². The molecule has 0 radical (unpaired) electrons. The van der Waals surface area contributed by atoms with Gasteiger partial charge in [-0.3, -0.25) is 4.79 Å². The van der Waals surface area contributed by atoms with Crippen molar-refractivity contribution in [3.8, 4) is 0 Å². The lowest BCUT2D eigenvalue weighted by molar-refractivity contribution is -0.128. The molecule has 1 aromatic heterocycles. The molecule has 7 heteroatoms. The molecule has 6 nitrogen and oxygen atoms in total. The van der Waals surface area contributed by atoms with E-state index in [1.165, 1.54) is 24.6 Å². The predicted octanol–water partition coefficient (Wildman–Crippen LogP) is 2.71. The predicted molar refractivity (Wildman–Crippen MR) is 89.1 cm³/mol. The summed E-state index contributed by atoms with van der Waals surface area (Å²) in [4.78, 5) is 14.2. The number of hydrogen-bond donors (Lipinski definition) is 0. The first kappa shape index (κ1) is 16.0. The lowest BCUT2D eigenvalue weighted by Gasteiger charge is -2.20. The van der Waals surface area contributed by atoms with Gasteiger partial charge in [-0.15, -0.1) is 5.10 Å². The van der Waals surface area contributed by atoms with Crippen molar-refractivity contribution in [2.45, 2.75) is 42.1 Å². The van der Waals surface area contributed by atoms with E-state index in [-0.39, 0.29) is 11.2 Å². The Morgan fingerprint density at radius 1 is 1.26 bits per heavy atom. The van der Waals surface area contributed by atoms with Gasteiger partial charge in [0.2, 0.25) is 11.1 Å². The van der Waals surface area contributed by atoms with Crippen LogP contribution >= 0.6 is 11.8 Å². The van der Waals surface area contributed by atoms with Gasteiger partial charge in [0.1, 0.15) is 5.25 Å². The summed E-state index contributed by atoms with van der Waals surface area (Å²) in [6, 6.07) is 10.2. The largest absolute Gasteiger partial charge is 0.348 e. The normalized spacial score (nSPS) is 16.4. The molecule has 1 aromatic carbocycles. The SMILES string of the molecule is CN(C)C(=O)[C@H](Sc1nnnn1C1CCCC1)c1ccccc1. The van der Waals surface area contributed by atoms with Crippen LogP contribution in [0.3, 0.4) is 0 Å². The summed E-state index contributed by atoms with van der Waals surface area (Å²) < 4.78 is 1.90. The minimum Gasteiger partial charge on any atom is -0.348 e. The fourth-order valence-electron chi connectivity index (χ4n) is 2.87. The van der Waals surface area contributed by atoms with E-state index in [0.29, 0.717) is 6.04 Å². The minimum atomic E-state index is -0.336. The maximum absolute atomic E-state index is 12.6. The number of carbonyl (C=O) groups is 1. The average molecular weight is 331 g/mol. The zero-order valence-electron chi connectivity index (χ0n) is 13.4. The average Bonchev–Trinajstić information content (AvgIpc) is 3.23. The number of rotatable bonds is 5. The van der Waals surface area contributed by atoms with Gasteiger partial charge in [0.05, 0.1) is 6.04 Å². The van der Waals surface area contributed by atoms with Crippen molar-refractivity contribution < 1.29 is 4.79 Å². The minimum absolute atomic E-state index is 0.0437. The van der Waals surface area contributed by atoms with Crippen molar-refractivity contribution >= 4 is 17.7 Å². The summed E-state index contributed by atoms with van der Waals surface area (Å²) >= 11 is 1.43. The summed E-state index contributed by atoms with van der Waals surface area (Å²) in [6.07, 6.45) is 4.65. The highest BCUT2D eigenvalue weighted by Crippen LogP contribution is 2.38. The molecular formula is C16H21N5OS. The summed E-state index contributed by atoms with van der Waals surface area (Å²) in [5.41, 5.74) is 0.970. The Morgan fingerprint density at radius 3 is 2.61 bits per heavy atom. The van der Waals surface area contributed by atoms with Crippen LogP contribution in [0.1, 0.15) is 42.5 Å². The van der Waals surface area contributed by atoms with Crippen LogP contribution in [0.2, 0.25) is 0 Å². The smallest absolute Gasteiger partial charge is 0.240 e. The number of hydrogen-bond acceptors (Lipinski definition) is 5. The van der Waals surface area contributed by atoms with E-state index < -0.39 is 0 Å². The molecule has 1 aliphatic carbocycles. The molecule has 0 spiro atoms. The van der Waals surface area contributed by atoms with E-state index in [0.717, 1.165) is 23.6 Å². The molecule has 2 aromatic rings. The van der Waals surface area contributed by atoms with Gasteiger partial charge in [-0.25, -0.2) is 4.68 Å². The molecule has 1 atom stereocenters. The lowest BCUT2D eigenvalue weighted by Crippen LogP contribution is -2.27. The number of aromatic nitrogens is 4. The maximum atomic E-state index is 12.6. The quantitative estimate of drug-likeness (QED) is 0.788. The highest BCUT2D eigenvalue weighted by atomic mass is 32.2. The van der Waals surface area contributed by atoms with Crippen LogP contribution in [0.5, 0.6) is 0 Å². The highest BCUT2D eigenvalue weighted by molar-refractivity contribution is 8.00. The summed E-state index contributed by atoms with van der Waals surface area (Å²) in [5, 5.41) is 12.5. The molecule has 0 bridgehead atoms. The molecule has 122 valence electrons. The Kier molecular flexibility index (Phi) is 4.95. The Morgan fingerprint density at radius 2 is 1.96 bits per heavy atom. The third kappa shape index (κ3) is 3.55. The van der Waals surface area contributed by atoms with Crippen molar-refractivity contribution in [2.24, 2.45) is 0 Å². The maximum Gasteiger partial charge on any atom is 0.240 e. The Bertz CT molecular complexity index is 652. The van der Waals surface area contributed by atoms with Gasteiger partial charge in [0.25, 0.3) is 0 Å². The number of thioether (sulfide) groups is 1. The summed E-state index contributed by atoms with van der Waals surface area (Å²) in [7, 11) is 3.55. The van der Waals surface area contributed by atoms with Crippen molar-refractivity contribution in [2.75, 3.05) is 14.1 Å². The van der Waals surface area contributed by atoms with E-state index in [4.69, 9.17) is 0 Å². The van der Waals surface area contributed by atoms with Crippen LogP contribution in [0.25, 0.3) is 0 Å². The van der Waals surface area contributed by atoms with Crippen molar-refractivity contribution in [3.05, 3.63) is 35.9 Å². The number of amides is 1. The third-order valence-electron chi connectivity index (χ3n) is 4.12. The molecule has 23 heavy (non-hydrogen) atoms. The van der Waals surface area contributed by atoms with Crippen molar-refractivity contribution in [1.82, 2.24) is 25.1 Å². The Hall–Kier alpha value is -1.89. The lowest BCUT2D eigenvalue weighted by atomic mass is 10.1. The first-order chi connectivity index (χ1) is 11.2. The van der Waals surface area contributed by atoms with Crippen LogP contribution in [0.15, 0.2) is 35.5 Å². The standard InChI is InChI=1S/C16H21N5OS/c1-20(2)15(22)14(12-8-4-3-5-9-12)23-16-17-18-19-21(16)13-10-6-7-11-13/h3-5,8-9,13-14H,6-7,10-11H2,1-2H3/t14-/m1/s1. The molecule has 1 heterocycles. The van der Waals surface area contributed by atoms with Crippen molar-refractivity contribution in [3.63, 3.8) is 0 Å². The molecule has 1 saturated carbocycles. The van der Waals surface area contributed by atoms with Crippen LogP contribution < -0.4 is 0 Å². The zero-order valence-corrected chi connectivity index (χ0v) is 14.2. The second-order valence-corrected chi connectivity index (χ2v) is 7.06. The number of benzene rings is 1. The van der Waals surface area contributed by atoms with Gasteiger partial charge in [-0.05, 0) is 28.8 Å². The molecular weight excluding hydrogens is 310 g/mol. The number of nitrogens with zero attached hydrogens (tertiary/aromatic N) is 5. The van der Waals surface area contributed by atoms with Gasteiger partial charge < -0.3 is 4.90 Å². The van der Waals surface area contributed by atoms with E-state index in [1.807, 2.05) is 35.0 Å². The molecule has 1 amide bonds. The molecule has 0 N–H and O–H groups in total. The van der Waals surface area contributed by atoms with Crippen LogP contribution in [-0.4, -0.2) is 45.1 Å². The molecule has 3 rings (SSSR count). The van der Waals surface area contributed by atoms with E-state index in [2.05, 4.69) is 15.5 Å². The molecule has 1 aliphatic rings. The third-order valence-corrected chi connectivity index (χ3v) is 5.31. The summed E-state index contributed by atoms with van der Waals surface area (Å²) in [5.74, 6) is 0.0437. The van der Waals surface area contributed by atoms with E-state index >= 15 is 0 Å². The molecule has 0 aliphatic heterocycles. The Labute approximate surface area is 140 Å². The fourth-order valence-corrected chi connectivity index (χ4v) is 4.06. The van der Waals surface area contributed by atoms with E-state index in [9.17, 15) is 4.79 Å². The van der Waals surface area contributed by atoms with Crippen LogP contribution in [-0.2, 0) is 4.79 Å². The Balaban J connectivity index is 1.87. The molecule has 0 unspecified atom stereocenters. The molecule has 0 saturated heterocycles. The second kappa shape index (κ2) is 7.12. The van der Waals surface area contributed by atoms with Gasteiger partial charge in [-0.2, -0.15) is 0 Å². The second-order valence-electron chi connectivity index (χ2n) is 5.99. The first-order valence-electron chi connectivity index (χ1n) is 7.87. The number of carbonyl (C=O) groups excluding carboxylic acids is 1. The van der Waals surface area contributed by atoms with Crippen LogP contribution in [0.4, 0.5) is 0 Å². The van der Waals surface area contributed by atoms with Gasteiger partial charge in [-0.1, -0.05) is 54.9 Å². The van der Waals surface area contributed by atoms with Gasteiger partial charge >= 0.3 is 0 Å². The molecule has 1 fully saturated rings. The van der Waals surface area contributed by atoms with Crippen LogP contribution in [0, 0.1) is 0 Å². The van der Waals surface area contributed by atoms with Gasteiger partial charge in [0.15, 0.2) is 0 Å². The fraction of sp³-hybridized carbons (Fsp3) is 0.500. The topological polar surface area (TPSA) is 63.9 Å². The monoisotopic (exact) mass is 331 g/mol. The number of tetrazole rings is 1. The highest BCUT2D eigenvalue weighted by Gasteiger charge is 2.28. The number of likely N-dealkylation sites (N-methyl/N-ethyl adjacent to an activating group) is 1. The zero-order chi connectivity index (χ0) is 16.2. The van der Waals surface area contributed by atoms with Gasteiger partial charge in [0, 0.05) is 14.1 Å². The van der Waals surface area contributed by atoms with E-state index in [1.54, 1.807) is 19.0 Å². The summed E-state index contributed by atoms with van der Waals surface area (Å²) in [6.45, 7) is 0.